The Labute approximate surface area is 103 Å². The Hall–Kier alpha value is -1.75. The minimum absolute atomic E-state index is 0.361. The summed E-state index contributed by atoms with van der Waals surface area (Å²) in [4.78, 5) is 7.02. The van der Waals surface area contributed by atoms with E-state index in [9.17, 15) is 4.39 Å². The smallest absolute Gasteiger partial charge is 0.136 e. The van der Waals surface area contributed by atoms with Gasteiger partial charge in [0.25, 0.3) is 0 Å². The van der Waals surface area contributed by atoms with Crippen LogP contribution in [0.2, 0.25) is 0 Å². The Morgan fingerprint density at radius 3 is 2.71 bits per heavy atom. The number of nitrogens with zero attached hydrogens (tertiary/aromatic N) is 1. The van der Waals surface area contributed by atoms with Gasteiger partial charge in [-0.05, 0) is 25.1 Å². The van der Waals surface area contributed by atoms with Crippen LogP contribution in [0, 0.1) is 17.4 Å². The molecule has 0 unspecified atom stereocenters. The van der Waals surface area contributed by atoms with Crippen LogP contribution in [0.3, 0.4) is 0 Å². The molecule has 1 aromatic carbocycles. The lowest BCUT2D eigenvalue weighted by atomic mass is 10.1. The van der Waals surface area contributed by atoms with Gasteiger partial charge < -0.3 is 9.72 Å². The zero-order chi connectivity index (χ0) is 12.4. The highest BCUT2D eigenvalue weighted by Gasteiger charge is 2.07. The van der Waals surface area contributed by atoms with E-state index >= 15 is 0 Å². The van der Waals surface area contributed by atoms with Crippen molar-refractivity contribution in [3.63, 3.8) is 0 Å². The summed E-state index contributed by atoms with van der Waals surface area (Å²) >= 11 is 5.00. The van der Waals surface area contributed by atoms with Crippen LogP contribution in [0.1, 0.15) is 5.82 Å². The number of halogens is 1. The Morgan fingerprint density at radius 1 is 1.35 bits per heavy atom. The first-order valence-electron chi connectivity index (χ1n) is 5.02. The zero-order valence-corrected chi connectivity index (χ0v) is 10.3. The molecule has 0 saturated carbocycles. The fourth-order valence-electron chi connectivity index (χ4n) is 1.57. The summed E-state index contributed by atoms with van der Waals surface area (Å²) in [6.45, 7) is 1.78. The van der Waals surface area contributed by atoms with E-state index in [2.05, 4.69) is 9.97 Å². The van der Waals surface area contributed by atoms with Crippen molar-refractivity contribution < 1.29 is 9.13 Å². The number of aryl methyl sites for hydroxylation is 1. The summed E-state index contributed by atoms with van der Waals surface area (Å²) in [7, 11) is 1.50. The maximum Gasteiger partial charge on any atom is 0.136 e. The molecule has 0 bridgehead atoms. The van der Waals surface area contributed by atoms with Gasteiger partial charge in [-0.25, -0.2) is 9.37 Å². The molecule has 1 aromatic heterocycles. The minimum Gasteiger partial charge on any atom is -0.497 e. The van der Waals surface area contributed by atoms with E-state index in [-0.39, 0.29) is 5.82 Å². The molecule has 0 aliphatic rings. The molecule has 0 spiro atoms. The van der Waals surface area contributed by atoms with Gasteiger partial charge in [-0.1, -0.05) is 12.2 Å². The molecule has 5 heteroatoms. The average molecular weight is 250 g/mol. The van der Waals surface area contributed by atoms with Crippen molar-refractivity contribution in [3.8, 4) is 17.0 Å². The molecule has 2 aromatic rings. The Kier molecular flexibility index (Phi) is 3.19. The van der Waals surface area contributed by atoms with Crippen molar-refractivity contribution in [1.82, 2.24) is 9.97 Å². The van der Waals surface area contributed by atoms with Gasteiger partial charge in [0.1, 0.15) is 22.0 Å². The molecule has 0 radical (unpaired) electrons. The first-order chi connectivity index (χ1) is 8.10. The van der Waals surface area contributed by atoms with Crippen molar-refractivity contribution in [2.75, 3.05) is 7.11 Å². The second kappa shape index (κ2) is 4.63. The third-order valence-corrected chi connectivity index (χ3v) is 2.54. The highest BCUT2D eigenvalue weighted by Crippen LogP contribution is 2.24. The number of nitrogens with one attached hydrogen (secondary N) is 1. The van der Waals surface area contributed by atoms with Gasteiger partial charge in [0, 0.05) is 11.6 Å². The first kappa shape index (κ1) is 11.7. The van der Waals surface area contributed by atoms with Crippen molar-refractivity contribution in [3.05, 3.63) is 40.5 Å². The number of hydrogen-bond donors (Lipinski definition) is 1. The monoisotopic (exact) mass is 250 g/mol. The third kappa shape index (κ3) is 2.50. The van der Waals surface area contributed by atoms with Gasteiger partial charge in [-0.2, -0.15) is 0 Å². The van der Waals surface area contributed by atoms with E-state index in [1.165, 1.54) is 13.2 Å². The number of benzene rings is 1. The number of methoxy groups -OCH3 is 1. The lowest BCUT2D eigenvalue weighted by Gasteiger charge is -2.06. The molecule has 0 fully saturated rings. The molecular formula is C12H11FN2OS. The summed E-state index contributed by atoms with van der Waals surface area (Å²) < 4.78 is 19.2. The van der Waals surface area contributed by atoms with E-state index in [4.69, 9.17) is 17.0 Å². The fraction of sp³-hybridized carbons (Fsp3) is 0.167. The SMILES string of the molecule is COc1ccc(-c2cc(=S)nc(C)[nH]2)c(F)c1. The lowest BCUT2D eigenvalue weighted by molar-refractivity contribution is 0.411. The van der Waals surface area contributed by atoms with Crippen LogP contribution >= 0.6 is 12.2 Å². The molecule has 2 rings (SSSR count). The second-order valence-electron chi connectivity index (χ2n) is 3.56. The Morgan fingerprint density at radius 2 is 2.12 bits per heavy atom. The molecule has 3 nitrogen and oxygen atoms in total. The standard InChI is InChI=1S/C12H11FN2OS/c1-7-14-11(6-12(17)15-7)9-4-3-8(16-2)5-10(9)13/h3-6H,1-2H3,(H,14,15,17). The number of aromatic amines is 1. The predicted molar refractivity (Wildman–Crippen MR) is 66.1 cm³/mol. The van der Waals surface area contributed by atoms with Crippen molar-refractivity contribution in [2.24, 2.45) is 0 Å². The number of H-pyrrole nitrogens is 1. The molecule has 1 heterocycles. The summed E-state index contributed by atoms with van der Waals surface area (Å²) in [5, 5.41) is 0. The molecule has 0 aliphatic carbocycles. The molecular weight excluding hydrogens is 239 g/mol. The van der Waals surface area contributed by atoms with E-state index < -0.39 is 0 Å². The van der Waals surface area contributed by atoms with Gasteiger partial charge in [0.15, 0.2) is 0 Å². The topological polar surface area (TPSA) is 37.9 Å². The molecule has 0 aliphatic heterocycles. The molecule has 0 amide bonds. The number of ether oxygens (including phenoxy) is 1. The van der Waals surface area contributed by atoms with Gasteiger partial charge in [-0.15, -0.1) is 0 Å². The van der Waals surface area contributed by atoms with Crippen LogP contribution in [0.15, 0.2) is 24.3 Å². The summed E-state index contributed by atoms with van der Waals surface area (Å²) in [6.07, 6.45) is 0. The maximum atomic E-state index is 13.8. The number of aromatic nitrogens is 2. The average Bonchev–Trinajstić information content (AvgIpc) is 2.27. The van der Waals surface area contributed by atoms with Crippen LogP contribution < -0.4 is 4.74 Å². The summed E-state index contributed by atoms with van der Waals surface area (Å²) in [5.41, 5.74) is 1.06. The fourth-order valence-corrected chi connectivity index (χ4v) is 1.82. The number of rotatable bonds is 2. The maximum absolute atomic E-state index is 13.8. The number of hydrogen-bond acceptors (Lipinski definition) is 3. The van der Waals surface area contributed by atoms with E-state index in [0.717, 1.165) is 0 Å². The Balaban J connectivity index is 2.56. The Bertz CT molecular complexity index is 610. The van der Waals surface area contributed by atoms with Gasteiger partial charge in [0.05, 0.1) is 12.8 Å². The molecule has 88 valence electrons. The van der Waals surface area contributed by atoms with Crippen molar-refractivity contribution in [2.45, 2.75) is 6.92 Å². The van der Waals surface area contributed by atoms with Gasteiger partial charge in [0.2, 0.25) is 0 Å². The van der Waals surface area contributed by atoms with Crippen molar-refractivity contribution >= 4 is 12.2 Å². The molecule has 17 heavy (non-hydrogen) atoms. The second-order valence-corrected chi connectivity index (χ2v) is 3.98. The molecule has 0 saturated heterocycles. The lowest BCUT2D eigenvalue weighted by Crippen LogP contribution is -1.94. The summed E-state index contributed by atoms with van der Waals surface area (Å²) in [6, 6.07) is 6.31. The minimum atomic E-state index is -0.361. The summed E-state index contributed by atoms with van der Waals surface area (Å²) in [5.74, 6) is 0.777. The van der Waals surface area contributed by atoms with Crippen LogP contribution in [0.5, 0.6) is 5.75 Å². The quantitative estimate of drug-likeness (QED) is 0.831. The van der Waals surface area contributed by atoms with Gasteiger partial charge >= 0.3 is 0 Å². The first-order valence-corrected chi connectivity index (χ1v) is 5.43. The van der Waals surface area contributed by atoms with E-state index in [1.54, 1.807) is 25.1 Å². The zero-order valence-electron chi connectivity index (χ0n) is 9.45. The van der Waals surface area contributed by atoms with Crippen LogP contribution in [0.4, 0.5) is 4.39 Å². The van der Waals surface area contributed by atoms with Gasteiger partial charge in [-0.3, -0.25) is 0 Å². The van der Waals surface area contributed by atoms with Crippen LogP contribution in [0.25, 0.3) is 11.3 Å². The third-order valence-electron chi connectivity index (χ3n) is 2.33. The van der Waals surface area contributed by atoms with E-state index in [1.807, 2.05) is 0 Å². The predicted octanol–water partition coefficient (Wildman–Crippen LogP) is 3.26. The molecule has 0 atom stereocenters. The normalized spacial score (nSPS) is 10.3. The largest absolute Gasteiger partial charge is 0.497 e. The molecule has 1 N–H and O–H groups in total. The highest BCUT2D eigenvalue weighted by molar-refractivity contribution is 7.71. The van der Waals surface area contributed by atoms with E-state index in [0.29, 0.717) is 27.5 Å². The highest BCUT2D eigenvalue weighted by atomic mass is 32.1. The van der Waals surface area contributed by atoms with Crippen LogP contribution in [-0.4, -0.2) is 17.1 Å². The van der Waals surface area contributed by atoms with Crippen LogP contribution in [-0.2, 0) is 0 Å². The van der Waals surface area contributed by atoms with Crippen molar-refractivity contribution in [1.29, 1.82) is 0 Å².